The molecule has 3 nitrogen and oxygen atoms in total. The molecule has 2 aromatic carbocycles. The van der Waals surface area contributed by atoms with E-state index in [1.807, 2.05) is 54.3 Å². The van der Waals surface area contributed by atoms with Crippen LogP contribution >= 0.6 is 11.8 Å². The van der Waals surface area contributed by atoms with E-state index in [2.05, 4.69) is 25.2 Å². The molecule has 0 unspecified atom stereocenters. The first-order valence-electron chi connectivity index (χ1n) is 6.93. The van der Waals surface area contributed by atoms with Gasteiger partial charge in [0.1, 0.15) is 0 Å². The van der Waals surface area contributed by atoms with E-state index >= 15 is 0 Å². The van der Waals surface area contributed by atoms with E-state index < -0.39 is 0 Å². The molecule has 1 aliphatic rings. The lowest BCUT2D eigenvalue weighted by Crippen LogP contribution is -2.45. The number of anilines is 2. The number of carbonyl (C=O) groups excluding carboxylic acids is 1. The van der Waals surface area contributed by atoms with Crippen LogP contribution in [0.2, 0.25) is 0 Å². The standard InChI is InChI=1S/C17H18N2OS/c1-12-7-6-8-13(11-12)18-16(20)19-14-9-4-5-10-15(14)21-17(19,2)3/h4-11H,1-3H3,(H,18,20). The van der Waals surface area contributed by atoms with Crippen LogP contribution in [0.15, 0.2) is 53.4 Å². The van der Waals surface area contributed by atoms with Gasteiger partial charge in [0.2, 0.25) is 0 Å². The quantitative estimate of drug-likeness (QED) is 0.814. The van der Waals surface area contributed by atoms with E-state index in [0.717, 1.165) is 21.8 Å². The van der Waals surface area contributed by atoms with Crippen molar-refractivity contribution in [2.45, 2.75) is 30.5 Å². The average molecular weight is 298 g/mol. The Morgan fingerprint density at radius 1 is 1.14 bits per heavy atom. The number of urea groups is 1. The lowest BCUT2D eigenvalue weighted by atomic mass is 10.2. The monoisotopic (exact) mass is 298 g/mol. The average Bonchev–Trinajstić information content (AvgIpc) is 2.68. The summed E-state index contributed by atoms with van der Waals surface area (Å²) in [7, 11) is 0. The molecule has 0 aromatic heterocycles. The van der Waals surface area contributed by atoms with E-state index in [0.29, 0.717) is 0 Å². The first kappa shape index (κ1) is 14.0. The lowest BCUT2D eigenvalue weighted by molar-refractivity contribution is 0.255. The van der Waals surface area contributed by atoms with Crippen molar-refractivity contribution in [3.63, 3.8) is 0 Å². The predicted octanol–water partition coefficient (Wildman–Crippen LogP) is 4.88. The Morgan fingerprint density at radius 2 is 1.90 bits per heavy atom. The number of hydrogen-bond acceptors (Lipinski definition) is 2. The summed E-state index contributed by atoms with van der Waals surface area (Å²) in [4.78, 5) is 15.4. The zero-order valence-electron chi connectivity index (χ0n) is 12.4. The number of aryl methyl sites for hydroxylation is 1. The SMILES string of the molecule is Cc1cccc(NC(=O)N2c3ccccc3SC2(C)C)c1. The highest BCUT2D eigenvalue weighted by Crippen LogP contribution is 2.49. The van der Waals surface area contributed by atoms with Crippen molar-refractivity contribution in [1.82, 2.24) is 0 Å². The van der Waals surface area contributed by atoms with Crippen molar-refractivity contribution in [3.8, 4) is 0 Å². The maximum Gasteiger partial charge on any atom is 0.327 e. The second-order valence-corrected chi connectivity index (χ2v) is 7.29. The molecular weight excluding hydrogens is 280 g/mol. The number of carbonyl (C=O) groups is 1. The third-order valence-corrected chi connectivity index (χ3v) is 4.72. The summed E-state index contributed by atoms with van der Waals surface area (Å²) in [5, 5.41) is 2.99. The van der Waals surface area contributed by atoms with Crippen LogP contribution in [0.1, 0.15) is 19.4 Å². The summed E-state index contributed by atoms with van der Waals surface area (Å²) >= 11 is 1.71. The topological polar surface area (TPSA) is 32.3 Å². The number of fused-ring (bicyclic) bond motifs is 1. The van der Waals surface area contributed by atoms with E-state index in [1.54, 1.807) is 11.8 Å². The number of nitrogens with zero attached hydrogens (tertiary/aromatic N) is 1. The molecule has 2 amide bonds. The Balaban J connectivity index is 1.90. The van der Waals surface area contributed by atoms with Gasteiger partial charge in [-0.25, -0.2) is 4.79 Å². The van der Waals surface area contributed by atoms with Gasteiger partial charge in [0.05, 0.1) is 10.6 Å². The van der Waals surface area contributed by atoms with Crippen molar-refractivity contribution < 1.29 is 4.79 Å². The van der Waals surface area contributed by atoms with Gasteiger partial charge in [0.25, 0.3) is 0 Å². The van der Waals surface area contributed by atoms with Crippen molar-refractivity contribution >= 4 is 29.2 Å². The normalized spacial score (nSPS) is 15.7. The summed E-state index contributed by atoms with van der Waals surface area (Å²) in [6.07, 6.45) is 0. The summed E-state index contributed by atoms with van der Waals surface area (Å²) in [5.41, 5.74) is 2.92. The van der Waals surface area contributed by atoms with Crippen molar-refractivity contribution in [3.05, 3.63) is 54.1 Å². The molecule has 0 atom stereocenters. The van der Waals surface area contributed by atoms with Crippen molar-refractivity contribution in [2.24, 2.45) is 0 Å². The molecule has 0 bridgehead atoms. The molecule has 0 saturated carbocycles. The van der Waals surface area contributed by atoms with E-state index in [9.17, 15) is 4.79 Å². The predicted molar refractivity (Wildman–Crippen MR) is 89.1 cm³/mol. The van der Waals surface area contributed by atoms with Gasteiger partial charge in [-0.15, -0.1) is 0 Å². The van der Waals surface area contributed by atoms with E-state index in [-0.39, 0.29) is 10.9 Å². The highest BCUT2D eigenvalue weighted by atomic mass is 32.2. The molecule has 0 aliphatic carbocycles. The van der Waals surface area contributed by atoms with Crippen LogP contribution in [0.25, 0.3) is 0 Å². The summed E-state index contributed by atoms with van der Waals surface area (Å²) in [6.45, 7) is 6.14. The van der Waals surface area contributed by atoms with E-state index in [1.165, 1.54) is 0 Å². The third kappa shape index (κ3) is 2.63. The maximum atomic E-state index is 12.7. The molecule has 0 saturated heterocycles. The molecule has 1 N–H and O–H groups in total. The first-order valence-corrected chi connectivity index (χ1v) is 7.75. The fourth-order valence-corrected chi connectivity index (χ4v) is 3.81. The van der Waals surface area contributed by atoms with Crippen LogP contribution in [-0.4, -0.2) is 10.9 Å². The Labute approximate surface area is 129 Å². The maximum absolute atomic E-state index is 12.7. The van der Waals surface area contributed by atoms with Crippen molar-refractivity contribution in [1.29, 1.82) is 0 Å². The fourth-order valence-electron chi connectivity index (χ4n) is 2.59. The molecule has 1 aliphatic heterocycles. The van der Waals surface area contributed by atoms with E-state index in [4.69, 9.17) is 0 Å². The number of benzene rings is 2. The van der Waals surface area contributed by atoms with Gasteiger partial charge in [0, 0.05) is 10.6 Å². The largest absolute Gasteiger partial charge is 0.327 e. The van der Waals surface area contributed by atoms with Gasteiger partial charge in [-0.1, -0.05) is 36.0 Å². The molecule has 21 heavy (non-hydrogen) atoms. The Hall–Kier alpha value is -1.94. The van der Waals surface area contributed by atoms with Gasteiger partial charge < -0.3 is 5.32 Å². The molecule has 108 valence electrons. The molecular formula is C17H18N2OS. The van der Waals surface area contributed by atoms with Gasteiger partial charge in [-0.05, 0) is 50.6 Å². The van der Waals surface area contributed by atoms with Gasteiger partial charge in [0.15, 0.2) is 0 Å². The molecule has 0 fully saturated rings. The summed E-state index contributed by atoms with van der Waals surface area (Å²) in [5.74, 6) is 0. The highest BCUT2D eigenvalue weighted by Gasteiger charge is 2.40. The molecule has 4 heteroatoms. The second kappa shape index (κ2) is 5.11. The summed E-state index contributed by atoms with van der Waals surface area (Å²) < 4.78 is 0. The highest BCUT2D eigenvalue weighted by molar-refractivity contribution is 8.01. The third-order valence-electron chi connectivity index (χ3n) is 3.48. The Kier molecular flexibility index (Phi) is 3.41. The molecule has 1 heterocycles. The minimum absolute atomic E-state index is 0.0944. The molecule has 3 rings (SSSR count). The Bertz CT molecular complexity index is 697. The summed E-state index contributed by atoms with van der Waals surface area (Å²) in [6, 6.07) is 15.8. The minimum Gasteiger partial charge on any atom is -0.307 e. The van der Waals surface area contributed by atoms with Crippen LogP contribution in [0.4, 0.5) is 16.2 Å². The number of nitrogens with one attached hydrogen (secondary N) is 1. The van der Waals surface area contributed by atoms with Crippen molar-refractivity contribution in [2.75, 3.05) is 10.2 Å². The zero-order chi connectivity index (χ0) is 15.0. The van der Waals surface area contributed by atoms with Crippen LogP contribution in [0, 0.1) is 6.92 Å². The molecule has 0 spiro atoms. The number of thioether (sulfide) groups is 1. The second-order valence-electron chi connectivity index (χ2n) is 5.65. The van der Waals surface area contributed by atoms with Gasteiger partial charge in [-0.3, -0.25) is 4.90 Å². The fraction of sp³-hybridized carbons (Fsp3) is 0.235. The minimum atomic E-state index is -0.294. The van der Waals surface area contributed by atoms with Crippen LogP contribution in [0.3, 0.4) is 0 Å². The number of amides is 2. The Morgan fingerprint density at radius 3 is 2.67 bits per heavy atom. The number of para-hydroxylation sites is 1. The number of hydrogen-bond donors (Lipinski definition) is 1. The smallest absolute Gasteiger partial charge is 0.307 e. The molecule has 0 radical (unpaired) electrons. The van der Waals surface area contributed by atoms with Gasteiger partial charge in [-0.2, -0.15) is 0 Å². The van der Waals surface area contributed by atoms with Gasteiger partial charge >= 0.3 is 6.03 Å². The first-order chi connectivity index (χ1) is 9.97. The molecule has 2 aromatic rings. The van der Waals surface area contributed by atoms with Crippen LogP contribution < -0.4 is 10.2 Å². The van der Waals surface area contributed by atoms with Crippen LogP contribution in [0.5, 0.6) is 0 Å². The van der Waals surface area contributed by atoms with Crippen LogP contribution in [-0.2, 0) is 0 Å². The zero-order valence-corrected chi connectivity index (χ0v) is 13.2. The lowest BCUT2D eigenvalue weighted by Gasteiger charge is -2.31. The number of rotatable bonds is 1.